The van der Waals surface area contributed by atoms with Crippen LogP contribution >= 0.6 is 11.5 Å². The van der Waals surface area contributed by atoms with Crippen LogP contribution in [0.1, 0.15) is 80.6 Å². The molecule has 1 aliphatic carbocycles. The molecule has 3 amide bonds. The highest BCUT2D eigenvalue weighted by Crippen LogP contribution is 2.35. The number of hydrogen-bond acceptors (Lipinski definition) is 8. The molecule has 10 nitrogen and oxygen atoms in total. The molecule has 4 aromatic rings. The normalized spacial score (nSPS) is 14.8. The number of amides is 3. The first-order valence-corrected chi connectivity index (χ1v) is 16.4. The van der Waals surface area contributed by atoms with Gasteiger partial charge in [-0.1, -0.05) is 67.3 Å². The minimum atomic E-state index is -1.10. The number of fused-ring (bicyclic) bond motifs is 1. The van der Waals surface area contributed by atoms with Crippen LogP contribution < -0.4 is 25.8 Å². The Bertz CT molecular complexity index is 1760. The number of aryl methyl sites for hydroxylation is 1. The number of hydrogen-bond donors (Lipinski definition) is 3. The van der Waals surface area contributed by atoms with Crippen molar-refractivity contribution in [2.45, 2.75) is 64.2 Å². The van der Waals surface area contributed by atoms with Gasteiger partial charge in [-0.3, -0.25) is 14.4 Å². The monoisotopic (exact) mass is 657 g/mol. The average Bonchev–Trinajstić information content (AvgIpc) is 3.71. The van der Waals surface area contributed by atoms with Gasteiger partial charge in [0.25, 0.3) is 11.8 Å². The van der Waals surface area contributed by atoms with Crippen molar-refractivity contribution in [3.63, 3.8) is 0 Å². The van der Waals surface area contributed by atoms with Crippen LogP contribution in [0.3, 0.4) is 0 Å². The second-order valence-corrected chi connectivity index (χ2v) is 12.6. The molecule has 2 heterocycles. The Balaban J connectivity index is 1.35. The largest absolute Gasteiger partial charge is 0.454 e. The Morgan fingerprint density at radius 3 is 2.43 bits per heavy atom. The van der Waals surface area contributed by atoms with E-state index in [-0.39, 0.29) is 48.0 Å². The lowest BCUT2D eigenvalue weighted by Crippen LogP contribution is -2.43. The lowest BCUT2D eigenvalue weighted by Gasteiger charge is -2.31. The van der Waals surface area contributed by atoms with Gasteiger partial charge in [-0.2, -0.15) is 4.37 Å². The van der Waals surface area contributed by atoms with E-state index < -0.39 is 23.8 Å². The van der Waals surface area contributed by atoms with E-state index in [2.05, 4.69) is 15.0 Å². The molecule has 3 aromatic carbocycles. The molecule has 0 spiro atoms. The highest BCUT2D eigenvalue weighted by Gasteiger charge is 2.35. The van der Waals surface area contributed by atoms with Gasteiger partial charge in [0, 0.05) is 19.1 Å². The number of carbonyl (C=O) groups excluding carboxylic acids is 3. The van der Waals surface area contributed by atoms with Crippen molar-refractivity contribution < 1.29 is 28.2 Å². The molecule has 1 atom stereocenters. The van der Waals surface area contributed by atoms with E-state index in [9.17, 15) is 18.8 Å². The standard InChI is InChI=1S/C35H36FN5O5S/c1-21-7-12-24(13-8-21)31(34(43)38-18-22-9-14-25(36)15-10-22)41(19-23-11-16-27-28(17-23)46-20-45-27)35(44)32-29(37)30(40-47-32)33(42)39-26-5-3-2-4-6-26/h7-17,26,31H,2-6,18-20,37H2,1H3,(H,38,43)(H,39,42)/t31-/m1/s1. The van der Waals surface area contributed by atoms with E-state index >= 15 is 0 Å². The lowest BCUT2D eigenvalue weighted by atomic mass is 9.95. The zero-order chi connectivity index (χ0) is 32.9. The van der Waals surface area contributed by atoms with Crippen LogP contribution in [0.15, 0.2) is 66.7 Å². The maximum absolute atomic E-state index is 14.5. The number of nitrogen functional groups attached to an aromatic ring is 1. The number of carbonyl (C=O) groups is 3. The Kier molecular flexibility index (Phi) is 9.67. The van der Waals surface area contributed by atoms with Gasteiger partial charge >= 0.3 is 0 Å². The molecule has 47 heavy (non-hydrogen) atoms. The minimum absolute atomic E-state index is 0.000370. The lowest BCUT2D eigenvalue weighted by molar-refractivity contribution is -0.126. The molecular formula is C35H36FN5O5S. The molecule has 0 saturated heterocycles. The molecule has 2 aliphatic rings. The van der Waals surface area contributed by atoms with Crippen molar-refractivity contribution >= 4 is 34.9 Å². The van der Waals surface area contributed by atoms with Gasteiger partial charge in [-0.05, 0) is 72.3 Å². The number of benzene rings is 3. The quantitative estimate of drug-likeness (QED) is 0.200. The number of ether oxygens (including phenoxy) is 2. The molecule has 0 unspecified atom stereocenters. The smallest absolute Gasteiger partial charge is 0.273 e. The zero-order valence-corrected chi connectivity index (χ0v) is 26.8. The molecule has 12 heteroatoms. The molecule has 0 bridgehead atoms. The van der Waals surface area contributed by atoms with Crippen LogP contribution in [-0.2, 0) is 17.9 Å². The number of nitrogens with one attached hydrogen (secondary N) is 2. The van der Waals surface area contributed by atoms with Crippen molar-refractivity contribution in [2.75, 3.05) is 12.5 Å². The maximum Gasteiger partial charge on any atom is 0.273 e. The topological polar surface area (TPSA) is 136 Å². The van der Waals surface area contributed by atoms with Crippen LogP contribution in [0, 0.1) is 12.7 Å². The Morgan fingerprint density at radius 1 is 0.979 bits per heavy atom. The van der Waals surface area contributed by atoms with Gasteiger partial charge in [-0.15, -0.1) is 0 Å². The van der Waals surface area contributed by atoms with Gasteiger partial charge in [0.05, 0.1) is 5.69 Å². The summed E-state index contributed by atoms with van der Waals surface area (Å²) in [4.78, 5) is 43.3. The summed E-state index contributed by atoms with van der Waals surface area (Å²) >= 11 is 0.833. The van der Waals surface area contributed by atoms with Gasteiger partial charge < -0.3 is 30.7 Å². The number of aromatic nitrogens is 1. The third kappa shape index (κ3) is 7.38. The molecule has 244 valence electrons. The molecule has 1 fully saturated rings. The van der Waals surface area contributed by atoms with E-state index in [0.717, 1.165) is 49.2 Å². The van der Waals surface area contributed by atoms with Crippen molar-refractivity contribution in [3.05, 3.63) is 105 Å². The fourth-order valence-corrected chi connectivity index (χ4v) is 6.63. The van der Waals surface area contributed by atoms with Crippen LogP contribution in [0.4, 0.5) is 10.1 Å². The number of anilines is 1. The predicted octanol–water partition coefficient (Wildman–Crippen LogP) is 5.66. The van der Waals surface area contributed by atoms with Gasteiger partial charge in [0.1, 0.15) is 16.7 Å². The van der Waals surface area contributed by atoms with Crippen molar-refractivity contribution in [2.24, 2.45) is 0 Å². The summed E-state index contributed by atoms with van der Waals surface area (Å²) < 4.78 is 28.9. The maximum atomic E-state index is 14.5. The highest BCUT2D eigenvalue weighted by molar-refractivity contribution is 7.09. The first kappa shape index (κ1) is 32.0. The van der Waals surface area contributed by atoms with E-state index in [1.54, 1.807) is 42.5 Å². The van der Waals surface area contributed by atoms with Gasteiger partial charge in [-0.25, -0.2) is 4.39 Å². The van der Waals surface area contributed by atoms with E-state index in [4.69, 9.17) is 15.2 Å². The Hall–Kier alpha value is -4.97. The molecule has 6 rings (SSSR count). The second-order valence-electron chi connectivity index (χ2n) is 11.9. The third-order valence-corrected chi connectivity index (χ3v) is 9.31. The van der Waals surface area contributed by atoms with Crippen LogP contribution in [-0.4, -0.2) is 39.8 Å². The molecule has 1 aromatic heterocycles. The number of halogens is 1. The average molecular weight is 658 g/mol. The summed E-state index contributed by atoms with van der Waals surface area (Å²) in [6.45, 7) is 2.13. The fraction of sp³-hybridized carbons (Fsp3) is 0.314. The van der Waals surface area contributed by atoms with Gasteiger partial charge in [0.15, 0.2) is 17.2 Å². The van der Waals surface area contributed by atoms with Crippen molar-refractivity contribution in [3.8, 4) is 11.5 Å². The first-order valence-electron chi connectivity index (χ1n) is 15.6. The molecule has 4 N–H and O–H groups in total. The molecular weight excluding hydrogens is 621 g/mol. The van der Waals surface area contributed by atoms with E-state index in [0.29, 0.717) is 28.2 Å². The van der Waals surface area contributed by atoms with Crippen molar-refractivity contribution in [1.82, 2.24) is 19.9 Å². The first-order chi connectivity index (χ1) is 22.8. The summed E-state index contributed by atoms with van der Waals surface area (Å²) in [7, 11) is 0. The second kappa shape index (κ2) is 14.2. The molecule has 1 aliphatic heterocycles. The molecule has 1 saturated carbocycles. The third-order valence-electron chi connectivity index (χ3n) is 8.46. The van der Waals surface area contributed by atoms with Crippen LogP contribution in [0.25, 0.3) is 0 Å². The summed E-state index contributed by atoms with van der Waals surface area (Å²) in [5.41, 5.74) is 9.36. The zero-order valence-electron chi connectivity index (χ0n) is 26.0. The Labute approximate surface area is 276 Å². The predicted molar refractivity (Wildman–Crippen MR) is 175 cm³/mol. The SMILES string of the molecule is Cc1ccc([C@H](C(=O)NCc2ccc(F)cc2)N(Cc2ccc3c(c2)OCO3)C(=O)c2snc(C(=O)NC3CCCCC3)c2N)cc1. The number of nitrogens with zero attached hydrogens (tertiary/aromatic N) is 2. The van der Waals surface area contributed by atoms with Crippen LogP contribution in [0.2, 0.25) is 0 Å². The van der Waals surface area contributed by atoms with Gasteiger partial charge in [0.2, 0.25) is 12.7 Å². The number of rotatable bonds is 10. The summed E-state index contributed by atoms with van der Waals surface area (Å²) in [6.07, 6.45) is 4.99. The minimum Gasteiger partial charge on any atom is -0.454 e. The summed E-state index contributed by atoms with van der Waals surface area (Å²) in [5.74, 6) is -0.700. The summed E-state index contributed by atoms with van der Waals surface area (Å²) in [6, 6.07) is 17.4. The fourth-order valence-electron chi connectivity index (χ4n) is 5.87. The van der Waals surface area contributed by atoms with Crippen LogP contribution in [0.5, 0.6) is 11.5 Å². The highest BCUT2D eigenvalue weighted by atomic mass is 32.1. The van der Waals surface area contributed by atoms with Crippen molar-refractivity contribution in [1.29, 1.82) is 0 Å². The van der Waals surface area contributed by atoms with E-state index in [1.165, 1.54) is 17.0 Å². The number of nitrogens with two attached hydrogens (primary N) is 1. The van der Waals surface area contributed by atoms with E-state index in [1.807, 2.05) is 19.1 Å². The Morgan fingerprint density at radius 2 is 1.68 bits per heavy atom. The molecule has 0 radical (unpaired) electrons. The summed E-state index contributed by atoms with van der Waals surface area (Å²) in [5, 5.41) is 5.94.